The van der Waals surface area contributed by atoms with E-state index in [0.717, 1.165) is 28.0 Å². The molecule has 0 spiro atoms. The second-order valence-electron chi connectivity index (χ2n) is 8.68. The van der Waals surface area contributed by atoms with Crippen molar-refractivity contribution in [3.8, 4) is 0 Å². The van der Waals surface area contributed by atoms with Gasteiger partial charge in [0.05, 0.1) is 10.6 Å². The van der Waals surface area contributed by atoms with E-state index in [4.69, 9.17) is 4.84 Å². The summed E-state index contributed by atoms with van der Waals surface area (Å²) in [5.41, 5.74) is 4.44. The number of oxime groups is 1. The molecule has 5 heteroatoms. The van der Waals surface area contributed by atoms with Gasteiger partial charge in [-0.25, -0.2) is 8.42 Å². The van der Waals surface area contributed by atoms with E-state index in [-0.39, 0.29) is 11.0 Å². The molecule has 0 aromatic heterocycles. The summed E-state index contributed by atoms with van der Waals surface area (Å²) in [5.74, 6) is 0. The van der Waals surface area contributed by atoms with Crippen molar-refractivity contribution in [1.29, 1.82) is 0 Å². The highest BCUT2D eigenvalue weighted by atomic mass is 32.2. The van der Waals surface area contributed by atoms with Crippen LogP contribution in [0, 0.1) is 5.41 Å². The molecule has 0 radical (unpaired) electrons. The Bertz CT molecular complexity index is 1040. The second kappa shape index (κ2) is 6.89. The van der Waals surface area contributed by atoms with Gasteiger partial charge >= 0.3 is 0 Å². The average molecular weight is 398 g/mol. The van der Waals surface area contributed by atoms with E-state index in [1.54, 1.807) is 12.1 Å². The maximum absolute atomic E-state index is 11.8. The molecule has 4 nitrogen and oxygen atoms in total. The van der Waals surface area contributed by atoms with E-state index >= 15 is 0 Å². The van der Waals surface area contributed by atoms with Gasteiger partial charge in [-0.2, -0.15) is 0 Å². The molecule has 0 unspecified atom stereocenters. The predicted molar refractivity (Wildman–Crippen MR) is 115 cm³/mol. The van der Waals surface area contributed by atoms with Crippen LogP contribution in [0.4, 0.5) is 0 Å². The number of benzene rings is 2. The van der Waals surface area contributed by atoms with Crippen molar-refractivity contribution in [2.24, 2.45) is 10.6 Å². The van der Waals surface area contributed by atoms with Gasteiger partial charge in [-0.3, -0.25) is 0 Å². The smallest absolute Gasteiger partial charge is 0.175 e. The van der Waals surface area contributed by atoms with E-state index < -0.39 is 9.84 Å². The zero-order valence-electron chi connectivity index (χ0n) is 17.3. The predicted octanol–water partition coefficient (Wildman–Crippen LogP) is 5.21. The van der Waals surface area contributed by atoms with Crippen molar-refractivity contribution < 1.29 is 13.3 Å². The maximum atomic E-state index is 11.8. The van der Waals surface area contributed by atoms with E-state index in [2.05, 4.69) is 31.1 Å². The quantitative estimate of drug-likeness (QED) is 0.665. The first kappa shape index (κ1) is 20.3. The fourth-order valence-electron chi connectivity index (χ4n) is 3.40. The van der Waals surface area contributed by atoms with E-state index in [9.17, 15) is 8.42 Å². The SMILES string of the molecule is CC(C)(C)O/N=C1/C(c2ccccc2)=C(c2ccc(S(C)(=O)=O)cc2)C1(C)C. The number of hydrogen-bond acceptors (Lipinski definition) is 4. The third kappa shape index (κ3) is 3.90. The molecule has 148 valence electrons. The lowest BCUT2D eigenvalue weighted by Gasteiger charge is -2.42. The minimum Gasteiger partial charge on any atom is -0.390 e. The summed E-state index contributed by atoms with van der Waals surface area (Å²) in [6.45, 7) is 10.1. The molecule has 1 aliphatic carbocycles. The fraction of sp³-hybridized carbons (Fsp3) is 0.348. The van der Waals surface area contributed by atoms with Crippen molar-refractivity contribution >= 4 is 26.7 Å². The van der Waals surface area contributed by atoms with Gasteiger partial charge in [-0.1, -0.05) is 47.6 Å². The molecule has 1 aliphatic rings. The Morgan fingerprint density at radius 2 is 1.46 bits per heavy atom. The molecule has 28 heavy (non-hydrogen) atoms. The van der Waals surface area contributed by atoms with Gasteiger partial charge in [-0.05, 0) is 63.5 Å². The van der Waals surface area contributed by atoms with E-state index in [1.165, 1.54) is 6.26 Å². The first-order valence-corrected chi connectivity index (χ1v) is 11.2. The Labute approximate surface area is 167 Å². The van der Waals surface area contributed by atoms with Crippen molar-refractivity contribution in [3.63, 3.8) is 0 Å². The third-order valence-electron chi connectivity index (χ3n) is 4.75. The van der Waals surface area contributed by atoms with Gasteiger partial charge in [0, 0.05) is 17.2 Å². The molecule has 0 fully saturated rings. The highest BCUT2D eigenvalue weighted by Crippen LogP contribution is 2.53. The first-order chi connectivity index (χ1) is 12.9. The van der Waals surface area contributed by atoms with Gasteiger partial charge in [-0.15, -0.1) is 0 Å². The van der Waals surface area contributed by atoms with Gasteiger partial charge in [0.15, 0.2) is 9.84 Å². The standard InChI is InChI=1S/C23H27NO3S/c1-22(2,3)27-24-21-19(16-10-8-7-9-11-16)20(23(21,4)5)17-12-14-18(15-13-17)28(6,25)26/h7-15H,1-6H3/b24-21-. The van der Waals surface area contributed by atoms with Crippen molar-refractivity contribution in [2.45, 2.75) is 45.1 Å². The Hall–Kier alpha value is -2.40. The molecular weight excluding hydrogens is 370 g/mol. The number of sulfone groups is 1. The largest absolute Gasteiger partial charge is 0.390 e. The first-order valence-electron chi connectivity index (χ1n) is 9.29. The molecule has 0 aliphatic heterocycles. The van der Waals surface area contributed by atoms with Gasteiger partial charge in [0.2, 0.25) is 0 Å². The van der Waals surface area contributed by atoms with Crippen molar-refractivity contribution in [2.75, 3.05) is 6.26 Å². The lowest BCUT2D eigenvalue weighted by Crippen LogP contribution is -2.38. The highest BCUT2D eigenvalue weighted by Gasteiger charge is 2.46. The zero-order valence-corrected chi connectivity index (χ0v) is 18.1. The number of hydrogen-bond donors (Lipinski definition) is 0. The average Bonchev–Trinajstić information content (AvgIpc) is 2.59. The maximum Gasteiger partial charge on any atom is 0.175 e. The topological polar surface area (TPSA) is 55.7 Å². The lowest BCUT2D eigenvalue weighted by molar-refractivity contribution is -0.0000218. The molecule has 0 amide bonds. The van der Waals surface area contributed by atoms with Crippen LogP contribution in [0.5, 0.6) is 0 Å². The lowest BCUT2D eigenvalue weighted by atomic mass is 9.60. The minimum atomic E-state index is -3.22. The highest BCUT2D eigenvalue weighted by molar-refractivity contribution is 7.90. The van der Waals surface area contributed by atoms with Gasteiger partial charge in [0.1, 0.15) is 5.60 Å². The molecule has 0 N–H and O–H groups in total. The van der Waals surface area contributed by atoms with Crippen LogP contribution in [0.25, 0.3) is 11.1 Å². The van der Waals surface area contributed by atoms with Crippen molar-refractivity contribution in [3.05, 3.63) is 65.7 Å². The summed E-state index contributed by atoms with van der Waals surface area (Å²) >= 11 is 0. The van der Waals surface area contributed by atoms with Crippen LogP contribution >= 0.6 is 0 Å². The normalized spacial score (nSPS) is 18.1. The van der Waals surface area contributed by atoms with Crippen LogP contribution in [-0.2, 0) is 14.7 Å². The van der Waals surface area contributed by atoms with Crippen LogP contribution < -0.4 is 0 Å². The van der Waals surface area contributed by atoms with Crippen LogP contribution in [0.1, 0.15) is 45.7 Å². The molecule has 2 aromatic carbocycles. The molecule has 0 bridgehead atoms. The van der Waals surface area contributed by atoms with Gasteiger partial charge < -0.3 is 4.84 Å². The minimum absolute atomic E-state index is 0.316. The Morgan fingerprint density at radius 3 is 1.96 bits per heavy atom. The third-order valence-corrected chi connectivity index (χ3v) is 5.88. The summed E-state index contributed by atoms with van der Waals surface area (Å²) in [7, 11) is -3.22. The fourth-order valence-corrected chi connectivity index (χ4v) is 4.03. The summed E-state index contributed by atoms with van der Waals surface area (Å²) in [4.78, 5) is 6.06. The molecule has 2 aromatic rings. The summed E-state index contributed by atoms with van der Waals surface area (Å²) < 4.78 is 23.6. The second-order valence-corrected chi connectivity index (χ2v) is 10.7. The number of nitrogens with zero attached hydrogens (tertiary/aromatic N) is 1. The summed E-state index contributed by atoms with van der Waals surface area (Å²) in [6, 6.07) is 17.2. The van der Waals surface area contributed by atoms with Crippen LogP contribution in [-0.4, -0.2) is 26.0 Å². The number of allylic oxidation sites excluding steroid dienone is 2. The molecule has 0 saturated carbocycles. The van der Waals surface area contributed by atoms with E-state index in [0.29, 0.717) is 4.90 Å². The Kier molecular flexibility index (Phi) is 5.00. The number of rotatable bonds is 4. The van der Waals surface area contributed by atoms with E-state index in [1.807, 2.05) is 51.1 Å². The zero-order chi connectivity index (χ0) is 20.7. The molecule has 3 rings (SSSR count). The summed E-state index contributed by atoms with van der Waals surface area (Å²) in [6.07, 6.45) is 1.22. The van der Waals surface area contributed by atoms with Crippen LogP contribution in [0.2, 0.25) is 0 Å². The molecule has 0 atom stereocenters. The molecule has 0 heterocycles. The Morgan fingerprint density at radius 1 is 0.893 bits per heavy atom. The monoisotopic (exact) mass is 397 g/mol. The Balaban J connectivity index is 2.16. The summed E-state index contributed by atoms with van der Waals surface area (Å²) in [5, 5.41) is 4.51. The molecule has 0 saturated heterocycles. The van der Waals surface area contributed by atoms with Crippen molar-refractivity contribution in [1.82, 2.24) is 0 Å². The molecular formula is C23H27NO3S. The van der Waals surface area contributed by atoms with Gasteiger partial charge in [0.25, 0.3) is 0 Å². The van der Waals surface area contributed by atoms with Crippen LogP contribution in [0.15, 0.2) is 64.6 Å². The van der Waals surface area contributed by atoms with Crippen LogP contribution in [0.3, 0.4) is 0 Å².